The first kappa shape index (κ1) is 13.3. The number of nitrogens with zero attached hydrogens (tertiary/aromatic N) is 3. The summed E-state index contributed by atoms with van der Waals surface area (Å²) in [6, 6.07) is 10.1. The summed E-state index contributed by atoms with van der Waals surface area (Å²) in [7, 11) is 0. The molecule has 0 aliphatic rings. The molecule has 20 heavy (non-hydrogen) atoms. The van der Waals surface area contributed by atoms with E-state index >= 15 is 0 Å². The molecular formula is C13H11N5O2. The minimum Gasteiger partial charge on any atom is -0.399 e. The number of benzene rings is 1. The Morgan fingerprint density at radius 2 is 2.10 bits per heavy atom. The van der Waals surface area contributed by atoms with E-state index in [0.717, 1.165) is 5.56 Å². The summed E-state index contributed by atoms with van der Waals surface area (Å²) in [6.45, 7) is 0.375. The van der Waals surface area contributed by atoms with Crippen LogP contribution in [0.25, 0.3) is 0 Å². The van der Waals surface area contributed by atoms with Crippen molar-refractivity contribution in [2.75, 3.05) is 11.1 Å². The van der Waals surface area contributed by atoms with Gasteiger partial charge in [0.15, 0.2) is 0 Å². The number of pyridine rings is 1. The maximum Gasteiger partial charge on any atom is 0.312 e. The van der Waals surface area contributed by atoms with Crippen LogP contribution in [0.5, 0.6) is 0 Å². The predicted octanol–water partition coefficient (Wildman–Crippen LogP) is 2.06. The summed E-state index contributed by atoms with van der Waals surface area (Å²) in [4.78, 5) is 14.3. The molecule has 0 bridgehead atoms. The summed E-state index contributed by atoms with van der Waals surface area (Å²) in [5.41, 5.74) is 7.07. The van der Waals surface area contributed by atoms with Gasteiger partial charge in [0.1, 0.15) is 6.07 Å². The first-order valence-corrected chi connectivity index (χ1v) is 5.73. The van der Waals surface area contributed by atoms with Gasteiger partial charge in [-0.1, -0.05) is 12.1 Å². The van der Waals surface area contributed by atoms with E-state index in [1.165, 1.54) is 12.3 Å². The van der Waals surface area contributed by atoms with E-state index < -0.39 is 4.92 Å². The quantitative estimate of drug-likeness (QED) is 0.498. The van der Waals surface area contributed by atoms with Gasteiger partial charge in [-0.15, -0.1) is 0 Å². The van der Waals surface area contributed by atoms with E-state index in [9.17, 15) is 10.1 Å². The summed E-state index contributed by atoms with van der Waals surface area (Å²) >= 11 is 0. The van der Waals surface area contributed by atoms with E-state index in [0.29, 0.717) is 12.2 Å². The molecule has 2 rings (SSSR count). The van der Waals surface area contributed by atoms with Crippen LogP contribution in [0, 0.1) is 21.4 Å². The van der Waals surface area contributed by atoms with E-state index in [2.05, 4.69) is 10.3 Å². The molecule has 1 heterocycles. The Bertz CT molecular complexity index is 676. The monoisotopic (exact) mass is 269 g/mol. The van der Waals surface area contributed by atoms with Crippen LogP contribution in [0.1, 0.15) is 11.1 Å². The number of hydrogen-bond acceptors (Lipinski definition) is 6. The number of nitriles is 1. The maximum absolute atomic E-state index is 10.9. The van der Waals surface area contributed by atoms with Crippen molar-refractivity contribution in [3.63, 3.8) is 0 Å². The van der Waals surface area contributed by atoms with E-state index in [1.807, 2.05) is 18.2 Å². The average Bonchev–Trinajstić information content (AvgIpc) is 2.46. The second-order valence-corrected chi connectivity index (χ2v) is 4.06. The van der Waals surface area contributed by atoms with E-state index in [-0.39, 0.29) is 17.1 Å². The van der Waals surface area contributed by atoms with Crippen LogP contribution < -0.4 is 11.1 Å². The Morgan fingerprint density at radius 3 is 2.70 bits per heavy atom. The van der Waals surface area contributed by atoms with Crippen molar-refractivity contribution in [1.29, 1.82) is 5.26 Å². The molecule has 3 N–H and O–H groups in total. The maximum atomic E-state index is 10.9. The van der Waals surface area contributed by atoms with Crippen LogP contribution in [0.4, 0.5) is 17.2 Å². The molecule has 7 heteroatoms. The third kappa shape index (κ3) is 3.00. The van der Waals surface area contributed by atoms with Crippen molar-refractivity contribution in [3.8, 4) is 6.07 Å². The molecule has 0 unspecified atom stereocenters. The molecule has 100 valence electrons. The minimum absolute atomic E-state index is 0.130. The zero-order valence-electron chi connectivity index (χ0n) is 10.4. The lowest BCUT2D eigenvalue weighted by atomic mass is 10.2. The smallest absolute Gasteiger partial charge is 0.312 e. The van der Waals surface area contributed by atoms with Crippen molar-refractivity contribution in [3.05, 3.63) is 57.8 Å². The third-order valence-electron chi connectivity index (χ3n) is 2.63. The van der Waals surface area contributed by atoms with Crippen molar-refractivity contribution in [1.82, 2.24) is 4.98 Å². The molecule has 0 saturated heterocycles. The van der Waals surface area contributed by atoms with Gasteiger partial charge in [0.05, 0.1) is 10.5 Å². The Hall–Kier alpha value is -3.14. The molecule has 2 aromatic rings. The Morgan fingerprint density at radius 1 is 1.40 bits per heavy atom. The zero-order chi connectivity index (χ0) is 14.5. The zero-order valence-corrected chi connectivity index (χ0v) is 10.4. The predicted molar refractivity (Wildman–Crippen MR) is 73.8 cm³/mol. The summed E-state index contributed by atoms with van der Waals surface area (Å²) in [5.74, 6) is 0.130. The average molecular weight is 269 g/mol. The lowest BCUT2D eigenvalue weighted by Gasteiger charge is -2.06. The van der Waals surface area contributed by atoms with Gasteiger partial charge in [0, 0.05) is 24.5 Å². The third-order valence-corrected chi connectivity index (χ3v) is 2.63. The summed E-state index contributed by atoms with van der Waals surface area (Å²) in [5, 5.41) is 22.5. The molecule has 0 saturated carbocycles. The Labute approximate surface area is 114 Å². The standard InChI is InChI=1S/C13H11N5O2/c14-6-10-5-12(18(19)20)13(17-8-10)16-7-9-1-3-11(15)4-2-9/h1-5,8H,7,15H2,(H,16,17). The highest BCUT2D eigenvalue weighted by Gasteiger charge is 2.16. The minimum atomic E-state index is -0.570. The number of nitrogens with one attached hydrogen (secondary N) is 1. The number of nitrogen functional groups attached to an aromatic ring is 1. The van der Waals surface area contributed by atoms with Gasteiger partial charge in [0.2, 0.25) is 5.82 Å². The second-order valence-electron chi connectivity index (χ2n) is 4.06. The number of anilines is 2. The lowest BCUT2D eigenvalue weighted by molar-refractivity contribution is -0.384. The highest BCUT2D eigenvalue weighted by atomic mass is 16.6. The van der Waals surface area contributed by atoms with E-state index in [4.69, 9.17) is 11.0 Å². The first-order chi connectivity index (χ1) is 9.60. The van der Waals surface area contributed by atoms with Gasteiger partial charge in [0.25, 0.3) is 0 Å². The van der Waals surface area contributed by atoms with Crippen LogP contribution in [-0.4, -0.2) is 9.91 Å². The summed E-state index contributed by atoms with van der Waals surface area (Å²) in [6.07, 6.45) is 1.29. The van der Waals surface area contributed by atoms with Crippen molar-refractivity contribution in [2.45, 2.75) is 6.54 Å². The first-order valence-electron chi connectivity index (χ1n) is 5.73. The molecule has 1 aromatic heterocycles. The largest absolute Gasteiger partial charge is 0.399 e. The van der Waals surface area contributed by atoms with Gasteiger partial charge in [-0.25, -0.2) is 4.98 Å². The van der Waals surface area contributed by atoms with Gasteiger partial charge >= 0.3 is 5.69 Å². The van der Waals surface area contributed by atoms with Crippen LogP contribution in [0.15, 0.2) is 36.5 Å². The van der Waals surface area contributed by atoms with Crippen LogP contribution in [0.3, 0.4) is 0 Å². The molecule has 7 nitrogen and oxygen atoms in total. The molecule has 1 aromatic carbocycles. The Balaban J connectivity index is 2.19. The highest BCUT2D eigenvalue weighted by Crippen LogP contribution is 2.23. The van der Waals surface area contributed by atoms with Crippen LogP contribution >= 0.6 is 0 Å². The molecule has 0 spiro atoms. The van der Waals surface area contributed by atoms with Gasteiger partial charge in [-0.05, 0) is 17.7 Å². The van der Waals surface area contributed by atoms with Crippen LogP contribution in [0.2, 0.25) is 0 Å². The molecule has 0 atom stereocenters. The van der Waals surface area contributed by atoms with Crippen molar-refractivity contribution >= 4 is 17.2 Å². The van der Waals surface area contributed by atoms with Gasteiger partial charge < -0.3 is 11.1 Å². The fourth-order valence-corrected chi connectivity index (χ4v) is 1.61. The molecule has 0 radical (unpaired) electrons. The number of rotatable bonds is 4. The van der Waals surface area contributed by atoms with Gasteiger partial charge in [-0.3, -0.25) is 10.1 Å². The SMILES string of the molecule is N#Cc1cnc(NCc2ccc(N)cc2)c([N+](=O)[O-])c1. The normalized spacial score (nSPS) is 9.75. The fourth-order valence-electron chi connectivity index (χ4n) is 1.61. The highest BCUT2D eigenvalue weighted by molar-refractivity contribution is 5.58. The van der Waals surface area contributed by atoms with Crippen molar-refractivity contribution in [2.24, 2.45) is 0 Å². The van der Waals surface area contributed by atoms with Crippen LogP contribution in [-0.2, 0) is 6.54 Å². The Kier molecular flexibility index (Phi) is 3.77. The number of hydrogen-bond donors (Lipinski definition) is 2. The topological polar surface area (TPSA) is 118 Å². The molecular weight excluding hydrogens is 258 g/mol. The molecule has 0 aliphatic carbocycles. The lowest BCUT2D eigenvalue weighted by Crippen LogP contribution is -2.05. The fraction of sp³-hybridized carbons (Fsp3) is 0.0769. The van der Waals surface area contributed by atoms with E-state index in [1.54, 1.807) is 12.1 Å². The van der Waals surface area contributed by atoms with Gasteiger partial charge in [-0.2, -0.15) is 5.26 Å². The second kappa shape index (κ2) is 5.67. The van der Waals surface area contributed by atoms with Crippen molar-refractivity contribution < 1.29 is 4.92 Å². The number of nitrogens with two attached hydrogens (primary N) is 1. The molecule has 0 fully saturated rings. The molecule has 0 amide bonds. The summed E-state index contributed by atoms with van der Waals surface area (Å²) < 4.78 is 0. The number of nitro groups is 1. The number of aromatic nitrogens is 1. The molecule has 0 aliphatic heterocycles.